The van der Waals surface area contributed by atoms with E-state index in [0.29, 0.717) is 5.75 Å². The van der Waals surface area contributed by atoms with Crippen molar-refractivity contribution in [2.75, 3.05) is 25.6 Å². The van der Waals surface area contributed by atoms with Crippen LogP contribution < -0.4 is 10.5 Å². The standard InChI is InChI=1S/C18H20FNO2/c19-11-16(12-21)13-22-18-9-5-15(6-10-18)2-1-14-3-7-17(20)8-4-14/h1-10,16,21H,11-13,20H2/b2-1+/t16-/m1/s1. The number of nitrogens with two attached hydrogens (primary N) is 1. The third-order valence-electron chi connectivity index (χ3n) is 3.25. The molecule has 0 spiro atoms. The Morgan fingerprint density at radius 3 is 2.05 bits per heavy atom. The summed E-state index contributed by atoms with van der Waals surface area (Å²) in [4.78, 5) is 0. The van der Waals surface area contributed by atoms with Gasteiger partial charge in [-0.2, -0.15) is 0 Å². The number of rotatable bonds is 7. The normalized spacial score (nSPS) is 12.5. The zero-order chi connectivity index (χ0) is 15.8. The quantitative estimate of drug-likeness (QED) is 0.609. The van der Waals surface area contributed by atoms with Gasteiger partial charge in [0, 0.05) is 11.6 Å². The Hall–Kier alpha value is -2.33. The first-order valence-corrected chi connectivity index (χ1v) is 7.14. The minimum absolute atomic E-state index is 0.174. The van der Waals surface area contributed by atoms with E-state index in [-0.39, 0.29) is 13.2 Å². The Morgan fingerprint density at radius 1 is 1.00 bits per heavy atom. The Balaban J connectivity index is 1.92. The first-order valence-electron chi connectivity index (χ1n) is 7.14. The van der Waals surface area contributed by atoms with Crippen molar-refractivity contribution in [1.82, 2.24) is 0 Å². The highest BCUT2D eigenvalue weighted by atomic mass is 19.1. The number of aliphatic hydroxyl groups is 1. The highest BCUT2D eigenvalue weighted by molar-refractivity contribution is 5.70. The molecule has 0 fully saturated rings. The van der Waals surface area contributed by atoms with Crippen LogP contribution in [-0.4, -0.2) is 25.0 Å². The topological polar surface area (TPSA) is 55.5 Å². The van der Waals surface area contributed by atoms with Gasteiger partial charge < -0.3 is 15.6 Å². The Labute approximate surface area is 129 Å². The van der Waals surface area contributed by atoms with E-state index in [1.807, 2.05) is 60.7 Å². The number of halogens is 1. The van der Waals surface area contributed by atoms with Crippen LogP contribution in [-0.2, 0) is 0 Å². The molecule has 0 aliphatic heterocycles. The second-order valence-corrected chi connectivity index (χ2v) is 5.08. The van der Waals surface area contributed by atoms with E-state index < -0.39 is 12.6 Å². The summed E-state index contributed by atoms with van der Waals surface area (Å²) in [6.07, 6.45) is 3.99. The molecule has 0 aliphatic carbocycles. The van der Waals surface area contributed by atoms with Gasteiger partial charge in [0.2, 0.25) is 0 Å². The average molecular weight is 301 g/mol. The largest absolute Gasteiger partial charge is 0.493 e. The van der Waals surface area contributed by atoms with Crippen molar-refractivity contribution in [2.24, 2.45) is 5.92 Å². The lowest BCUT2D eigenvalue weighted by Gasteiger charge is -2.11. The molecule has 2 aromatic rings. The molecule has 0 saturated carbocycles. The number of anilines is 1. The second-order valence-electron chi connectivity index (χ2n) is 5.08. The number of nitrogen functional groups attached to an aromatic ring is 1. The molecule has 3 nitrogen and oxygen atoms in total. The van der Waals surface area contributed by atoms with E-state index in [9.17, 15) is 4.39 Å². The van der Waals surface area contributed by atoms with Gasteiger partial charge in [-0.1, -0.05) is 36.4 Å². The monoisotopic (exact) mass is 301 g/mol. The van der Waals surface area contributed by atoms with E-state index >= 15 is 0 Å². The fourth-order valence-corrected chi connectivity index (χ4v) is 1.83. The van der Waals surface area contributed by atoms with Gasteiger partial charge >= 0.3 is 0 Å². The summed E-state index contributed by atoms with van der Waals surface area (Å²) in [7, 11) is 0. The summed E-state index contributed by atoms with van der Waals surface area (Å²) < 4.78 is 17.9. The maximum atomic E-state index is 12.5. The fourth-order valence-electron chi connectivity index (χ4n) is 1.83. The summed E-state index contributed by atoms with van der Waals surface area (Å²) in [6.45, 7) is -0.620. The molecule has 2 rings (SSSR count). The van der Waals surface area contributed by atoms with Crippen LogP contribution in [0.1, 0.15) is 11.1 Å². The number of alkyl halides is 1. The van der Waals surface area contributed by atoms with E-state index in [0.717, 1.165) is 16.8 Å². The van der Waals surface area contributed by atoms with Crippen LogP contribution in [0.4, 0.5) is 10.1 Å². The fraction of sp³-hybridized carbons (Fsp3) is 0.222. The van der Waals surface area contributed by atoms with Crippen LogP contribution in [0.5, 0.6) is 5.75 Å². The van der Waals surface area contributed by atoms with Crippen molar-refractivity contribution in [3.63, 3.8) is 0 Å². The van der Waals surface area contributed by atoms with Crippen molar-refractivity contribution in [1.29, 1.82) is 0 Å². The van der Waals surface area contributed by atoms with Gasteiger partial charge in [0.1, 0.15) is 5.75 Å². The summed E-state index contributed by atoms with van der Waals surface area (Å²) in [6, 6.07) is 15.1. The SMILES string of the molecule is Nc1ccc(/C=C/c2ccc(OC[C@@H](CO)CF)cc2)cc1. The minimum atomic E-state index is -0.584. The number of ether oxygens (including phenoxy) is 1. The van der Waals surface area contributed by atoms with Gasteiger partial charge in [-0.15, -0.1) is 0 Å². The summed E-state index contributed by atoms with van der Waals surface area (Å²) in [5, 5.41) is 8.91. The second kappa shape index (κ2) is 8.20. The molecular formula is C18H20FNO2. The third-order valence-corrected chi connectivity index (χ3v) is 3.25. The van der Waals surface area contributed by atoms with Gasteiger partial charge in [0.15, 0.2) is 0 Å². The number of benzene rings is 2. The van der Waals surface area contributed by atoms with E-state index in [1.165, 1.54) is 0 Å². The predicted octanol–water partition coefficient (Wildman–Crippen LogP) is 3.40. The summed E-state index contributed by atoms with van der Waals surface area (Å²) in [5.74, 6) is 0.196. The van der Waals surface area contributed by atoms with Crippen LogP contribution in [0.15, 0.2) is 48.5 Å². The molecule has 0 aliphatic rings. The van der Waals surface area contributed by atoms with Gasteiger partial charge in [0.05, 0.1) is 19.9 Å². The van der Waals surface area contributed by atoms with Crippen molar-refractivity contribution >= 4 is 17.8 Å². The molecule has 2 aromatic carbocycles. The molecule has 3 N–H and O–H groups in total. The van der Waals surface area contributed by atoms with E-state index in [2.05, 4.69) is 0 Å². The summed E-state index contributed by atoms with van der Waals surface area (Å²) in [5.41, 5.74) is 8.49. The van der Waals surface area contributed by atoms with E-state index in [1.54, 1.807) is 0 Å². The molecule has 1 atom stereocenters. The highest BCUT2D eigenvalue weighted by Gasteiger charge is 2.07. The lowest BCUT2D eigenvalue weighted by Crippen LogP contribution is -2.17. The molecule has 0 radical (unpaired) electrons. The Kier molecular flexibility index (Phi) is 5.98. The Bertz CT molecular complexity index is 589. The predicted molar refractivity (Wildman–Crippen MR) is 88.3 cm³/mol. The van der Waals surface area contributed by atoms with Crippen LogP contribution in [0.2, 0.25) is 0 Å². The smallest absolute Gasteiger partial charge is 0.119 e. The van der Waals surface area contributed by atoms with Crippen molar-refractivity contribution < 1.29 is 14.2 Å². The molecular weight excluding hydrogens is 281 g/mol. The maximum absolute atomic E-state index is 12.5. The van der Waals surface area contributed by atoms with Crippen molar-refractivity contribution in [3.05, 3.63) is 59.7 Å². The first-order chi connectivity index (χ1) is 10.7. The summed E-state index contributed by atoms with van der Waals surface area (Å²) >= 11 is 0. The minimum Gasteiger partial charge on any atom is -0.493 e. The molecule has 116 valence electrons. The average Bonchev–Trinajstić information content (AvgIpc) is 2.56. The number of hydrogen-bond acceptors (Lipinski definition) is 3. The van der Waals surface area contributed by atoms with Crippen molar-refractivity contribution in [2.45, 2.75) is 0 Å². The molecule has 22 heavy (non-hydrogen) atoms. The molecule has 4 heteroatoms. The van der Waals surface area contributed by atoms with Crippen LogP contribution in [0, 0.1) is 5.92 Å². The first kappa shape index (κ1) is 16.0. The van der Waals surface area contributed by atoms with E-state index in [4.69, 9.17) is 15.6 Å². The van der Waals surface area contributed by atoms with Gasteiger partial charge in [-0.3, -0.25) is 4.39 Å². The van der Waals surface area contributed by atoms with Crippen molar-refractivity contribution in [3.8, 4) is 5.75 Å². The molecule has 0 bridgehead atoms. The molecule has 0 aromatic heterocycles. The maximum Gasteiger partial charge on any atom is 0.119 e. The number of hydrogen-bond donors (Lipinski definition) is 2. The molecule has 0 saturated heterocycles. The van der Waals surface area contributed by atoms with Crippen LogP contribution in [0.3, 0.4) is 0 Å². The van der Waals surface area contributed by atoms with Gasteiger partial charge in [-0.25, -0.2) is 0 Å². The van der Waals surface area contributed by atoms with Gasteiger partial charge in [-0.05, 0) is 35.4 Å². The number of aliphatic hydroxyl groups excluding tert-OH is 1. The zero-order valence-electron chi connectivity index (χ0n) is 12.3. The van der Waals surface area contributed by atoms with Crippen LogP contribution in [0.25, 0.3) is 12.2 Å². The Morgan fingerprint density at radius 2 is 1.55 bits per heavy atom. The zero-order valence-corrected chi connectivity index (χ0v) is 12.3. The third kappa shape index (κ3) is 4.90. The highest BCUT2D eigenvalue weighted by Crippen LogP contribution is 2.16. The molecule has 0 heterocycles. The molecule has 0 amide bonds. The lowest BCUT2D eigenvalue weighted by molar-refractivity contribution is 0.140. The molecule has 0 unspecified atom stereocenters. The van der Waals surface area contributed by atoms with Crippen LogP contribution >= 0.6 is 0 Å². The lowest BCUT2D eigenvalue weighted by atomic mass is 10.1. The van der Waals surface area contributed by atoms with Gasteiger partial charge in [0.25, 0.3) is 0 Å².